The molecule has 0 amide bonds. The van der Waals surface area contributed by atoms with E-state index in [1.54, 1.807) is 0 Å². The van der Waals surface area contributed by atoms with Gasteiger partial charge in [-0.05, 0) is 31.1 Å². The third-order valence-electron chi connectivity index (χ3n) is 11.0. The molecule has 0 aliphatic heterocycles. The van der Waals surface area contributed by atoms with Gasteiger partial charge in [-0.25, -0.2) is 0 Å². The van der Waals surface area contributed by atoms with Crippen molar-refractivity contribution in [3.8, 4) is 0 Å². The van der Waals surface area contributed by atoms with Crippen LogP contribution in [0.1, 0.15) is 266 Å². The lowest BCUT2D eigenvalue weighted by atomic mass is 10.0. The highest BCUT2D eigenvalue weighted by Crippen LogP contribution is 2.17. The van der Waals surface area contributed by atoms with Crippen LogP contribution in [0.15, 0.2) is 0 Å². The minimum Gasteiger partial charge on any atom is -0.462 e. The summed E-state index contributed by atoms with van der Waals surface area (Å²) in [5, 5.41) is 0. The summed E-state index contributed by atoms with van der Waals surface area (Å²) in [7, 11) is 0. The second-order valence-electron chi connectivity index (χ2n) is 17.7. The van der Waals surface area contributed by atoms with Gasteiger partial charge in [0.2, 0.25) is 0 Å². The number of hydrogen-bond donors (Lipinski definition) is 0. The van der Waals surface area contributed by atoms with Crippen LogP contribution in [0.3, 0.4) is 0 Å². The van der Waals surface area contributed by atoms with Gasteiger partial charge in [0.05, 0.1) is 0 Å². The maximum atomic E-state index is 12.7. The fourth-order valence-electron chi connectivity index (χ4n) is 7.28. The summed E-state index contributed by atoms with van der Waals surface area (Å²) in [5.74, 6) is 0.803. The number of esters is 3. The lowest BCUT2D eigenvalue weighted by molar-refractivity contribution is -0.167. The van der Waals surface area contributed by atoms with Crippen LogP contribution in [0.4, 0.5) is 0 Å². The average molecular weight is 779 g/mol. The van der Waals surface area contributed by atoms with Gasteiger partial charge < -0.3 is 14.2 Å². The van der Waals surface area contributed by atoms with E-state index < -0.39 is 6.10 Å². The molecule has 6 nitrogen and oxygen atoms in total. The van der Waals surface area contributed by atoms with Crippen LogP contribution >= 0.6 is 0 Å². The van der Waals surface area contributed by atoms with E-state index in [4.69, 9.17) is 14.2 Å². The molecule has 0 heterocycles. The van der Waals surface area contributed by atoms with E-state index in [-0.39, 0.29) is 31.1 Å². The van der Waals surface area contributed by atoms with Crippen LogP contribution in [-0.4, -0.2) is 37.2 Å². The van der Waals surface area contributed by atoms with Gasteiger partial charge in [0, 0.05) is 19.3 Å². The molecule has 326 valence electrons. The predicted molar refractivity (Wildman–Crippen MR) is 233 cm³/mol. The lowest BCUT2D eigenvalue weighted by Crippen LogP contribution is -2.30. The molecule has 0 rings (SSSR count). The van der Waals surface area contributed by atoms with E-state index in [0.717, 1.165) is 76.0 Å². The molecule has 0 saturated carbocycles. The third-order valence-corrected chi connectivity index (χ3v) is 11.0. The minimum absolute atomic E-state index is 0.0654. The summed E-state index contributed by atoms with van der Waals surface area (Å²) in [6.07, 6.45) is 41.2. The Bertz CT molecular complexity index is 839. The number of hydrogen-bond acceptors (Lipinski definition) is 6. The Balaban J connectivity index is 4.12. The summed E-state index contributed by atoms with van der Waals surface area (Å²) in [5.41, 5.74) is 0. The largest absolute Gasteiger partial charge is 0.462 e. The number of rotatable bonds is 43. The fourth-order valence-corrected chi connectivity index (χ4v) is 7.28. The highest BCUT2D eigenvalue weighted by molar-refractivity contribution is 5.71. The SMILES string of the molecule is CCCCCCCC(=O)OC[C@@H](COC(=O)CCCCCCCCCCCCC(C)C)OC(=O)CCCCCCCCCCCCCCCCCCC(C)C. The first kappa shape index (κ1) is 53.4. The van der Waals surface area contributed by atoms with Crippen molar-refractivity contribution in [2.45, 2.75) is 272 Å². The Morgan fingerprint density at radius 2 is 0.600 bits per heavy atom. The molecule has 0 bridgehead atoms. The number of unbranched alkanes of at least 4 members (excludes halogenated alkanes) is 28. The van der Waals surface area contributed by atoms with Crippen molar-refractivity contribution in [3.05, 3.63) is 0 Å². The van der Waals surface area contributed by atoms with Crippen LogP contribution < -0.4 is 0 Å². The molecule has 0 N–H and O–H groups in total. The van der Waals surface area contributed by atoms with E-state index in [1.165, 1.54) is 148 Å². The van der Waals surface area contributed by atoms with Crippen molar-refractivity contribution in [1.29, 1.82) is 0 Å². The van der Waals surface area contributed by atoms with Gasteiger partial charge in [-0.1, -0.05) is 227 Å². The Morgan fingerprint density at radius 1 is 0.345 bits per heavy atom. The van der Waals surface area contributed by atoms with Crippen LogP contribution in [-0.2, 0) is 28.6 Å². The number of carbonyl (C=O) groups excluding carboxylic acids is 3. The zero-order valence-corrected chi connectivity index (χ0v) is 37.6. The topological polar surface area (TPSA) is 78.9 Å². The molecule has 0 saturated heterocycles. The molecule has 0 unspecified atom stereocenters. The van der Waals surface area contributed by atoms with Gasteiger partial charge in [0.1, 0.15) is 13.2 Å². The molecule has 0 aromatic rings. The first-order valence-electron chi connectivity index (χ1n) is 24.2. The van der Waals surface area contributed by atoms with Gasteiger partial charge in [-0.3, -0.25) is 14.4 Å². The summed E-state index contributed by atoms with van der Waals surface area (Å²) in [6, 6.07) is 0. The average Bonchev–Trinajstić information content (AvgIpc) is 3.15. The monoisotopic (exact) mass is 779 g/mol. The normalized spacial score (nSPS) is 12.1. The van der Waals surface area contributed by atoms with Crippen LogP contribution in [0.25, 0.3) is 0 Å². The first-order valence-corrected chi connectivity index (χ1v) is 24.2. The molecule has 0 aliphatic carbocycles. The van der Waals surface area contributed by atoms with Crippen molar-refractivity contribution in [2.75, 3.05) is 13.2 Å². The maximum Gasteiger partial charge on any atom is 0.306 e. The summed E-state index contributed by atoms with van der Waals surface area (Å²) in [4.78, 5) is 37.5. The van der Waals surface area contributed by atoms with Crippen molar-refractivity contribution >= 4 is 17.9 Å². The smallest absolute Gasteiger partial charge is 0.306 e. The van der Waals surface area contributed by atoms with Gasteiger partial charge in [0.15, 0.2) is 6.10 Å². The molecule has 6 heteroatoms. The van der Waals surface area contributed by atoms with Crippen molar-refractivity contribution in [3.63, 3.8) is 0 Å². The minimum atomic E-state index is -0.759. The number of carbonyl (C=O) groups is 3. The second-order valence-corrected chi connectivity index (χ2v) is 17.7. The maximum absolute atomic E-state index is 12.7. The van der Waals surface area contributed by atoms with Crippen LogP contribution in [0.2, 0.25) is 0 Å². The highest BCUT2D eigenvalue weighted by Gasteiger charge is 2.19. The number of ether oxygens (including phenoxy) is 3. The van der Waals surface area contributed by atoms with E-state index in [9.17, 15) is 14.4 Å². The van der Waals surface area contributed by atoms with Crippen LogP contribution in [0, 0.1) is 11.8 Å². The van der Waals surface area contributed by atoms with Gasteiger partial charge >= 0.3 is 17.9 Å². The Kier molecular flexibility index (Phi) is 40.8. The molecule has 0 aliphatic rings. The van der Waals surface area contributed by atoms with Gasteiger partial charge in [-0.2, -0.15) is 0 Å². The zero-order valence-electron chi connectivity index (χ0n) is 37.6. The fraction of sp³-hybridized carbons (Fsp3) is 0.939. The Morgan fingerprint density at radius 3 is 0.891 bits per heavy atom. The van der Waals surface area contributed by atoms with E-state index in [2.05, 4.69) is 34.6 Å². The van der Waals surface area contributed by atoms with Crippen molar-refractivity contribution in [1.82, 2.24) is 0 Å². The Hall–Kier alpha value is -1.59. The molecule has 1 atom stereocenters. The van der Waals surface area contributed by atoms with Crippen LogP contribution in [0.5, 0.6) is 0 Å². The summed E-state index contributed by atoms with van der Waals surface area (Å²) < 4.78 is 16.6. The molecule has 0 aromatic heterocycles. The second kappa shape index (κ2) is 42.0. The van der Waals surface area contributed by atoms with Gasteiger partial charge in [-0.15, -0.1) is 0 Å². The molecular weight excluding hydrogens is 685 g/mol. The molecule has 0 aromatic carbocycles. The van der Waals surface area contributed by atoms with Crippen molar-refractivity contribution in [2.24, 2.45) is 11.8 Å². The predicted octanol–water partition coefficient (Wildman–Crippen LogP) is 15.4. The zero-order chi connectivity index (χ0) is 40.5. The van der Waals surface area contributed by atoms with E-state index in [0.29, 0.717) is 19.3 Å². The molecular formula is C49H94O6. The molecule has 55 heavy (non-hydrogen) atoms. The summed E-state index contributed by atoms with van der Waals surface area (Å²) >= 11 is 0. The lowest BCUT2D eigenvalue weighted by Gasteiger charge is -2.18. The summed E-state index contributed by atoms with van der Waals surface area (Å²) in [6.45, 7) is 11.3. The molecule has 0 spiro atoms. The molecule has 0 fully saturated rings. The third kappa shape index (κ3) is 43.4. The van der Waals surface area contributed by atoms with Crippen molar-refractivity contribution < 1.29 is 28.6 Å². The first-order chi connectivity index (χ1) is 26.7. The molecule has 0 radical (unpaired) electrons. The quantitative estimate of drug-likeness (QED) is 0.0348. The standard InChI is InChI=1S/C49H94O6/c1-6-7-8-27-34-39-47(50)53-42-46(43-54-48(51)40-35-30-25-21-18-17-20-24-29-33-38-45(4)5)55-49(52)41-36-31-26-22-16-14-12-10-9-11-13-15-19-23-28-32-37-44(2)3/h44-46H,6-43H2,1-5H3/t46-/m0/s1. The Labute approximate surface area is 342 Å². The van der Waals surface area contributed by atoms with E-state index >= 15 is 0 Å². The van der Waals surface area contributed by atoms with E-state index in [1.807, 2.05) is 0 Å². The highest BCUT2D eigenvalue weighted by atomic mass is 16.6. The van der Waals surface area contributed by atoms with Gasteiger partial charge in [0.25, 0.3) is 0 Å².